The first-order valence-electron chi connectivity index (χ1n) is 9.23. The standard InChI is InChI=1S/C25H23NO3/c1-28-24-16-10-20(11-17-24)8-14-23(26(27)22-6-4-3-5-7-22)15-9-21-12-18-25(29-2)19-13-21/h3-19H,1-2H3/b14-8+,15-9+. The molecule has 4 heteroatoms. The van der Waals surface area contributed by atoms with Gasteiger partial charge in [-0.05, 0) is 47.5 Å². The van der Waals surface area contributed by atoms with E-state index in [1.165, 1.54) is 0 Å². The van der Waals surface area contributed by atoms with Crippen LogP contribution in [0.5, 0.6) is 11.5 Å². The summed E-state index contributed by atoms with van der Waals surface area (Å²) in [6.45, 7) is 0. The first kappa shape index (κ1) is 20.0. The molecule has 0 aromatic heterocycles. The van der Waals surface area contributed by atoms with Crippen LogP contribution in [0.2, 0.25) is 0 Å². The molecule has 0 aliphatic carbocycles. The van der Waals surface area contributed by atoms with Crippen molar-refractivity contribution in [2.75, 3.05) is 14.2 Å². The smallest absolute Gasteiger partial charge is 0.217 e. The monoisotopic (exact) mass is 385 g/mol. The van der Waals surface area contributed by atoms with Gasteiger partial charge in [-0.25, -0.2) is 0 Å². The fourth-order valence-corrected chi connectivity index (χ4v) is 2.70. The van der Waals surface area contributed by atoms with E-state index >= 15 is 0 Å². The molecule has 0 atom stereocenters. The summed E-state index contributed by atoms with van der Waals surface area (Å²) in [5.74, 6) is 1.58. The molecular formula is C25H23NO3. The topological polar surface area (TPSA) is 44.5 Å². The van der Waals surface area contributed by atoms with Crippen LogP contribution in [0.1, 0.15) is 11.1 Å². The molecule has 0 aliphatic heterocycles. The average molecular weight is 385 g/mol. The highest BCUT2D eigenvalue weighted by molar-refractivity contribution is 6.05. The third-order valence-corrected chi connectivity index (χ3v) is 4.35. The lowest BCUT2D eigenvalue weighted by Gasteiger charge is -2.06. The molecule has 0 saturated carbocycles. The maximum atomic E-state index is 12.9. The van der Waals surface area contributed by atoms with Gasteiger partial charge in [0.1, 0.15) is 11.5 Å². The van der Waals surface area contributed by atoms with Crippen molar-refractivity contribution < 1.29 is 14.2 Å². The zero-order chi connectivity index (χ0) is 20.5. The minimum Gasteiger partial charge on any atom is -0.618 e. The van der Waals surface area contributed by atoms with Crippen LogP contribution in [-0.4, -0.2) is 24.7 Å². The van der Waals surface area contributed by atoms with Crippen LogP contribution in [-0.2, 0) is 0 Å². The van der Waals surface area contributed by atoms with Gasteiger partial charge >= 0.3 is 0 Å². The van der Waals surface area contributed by atoms with E-state index in [9.17, 15) is 5.21 Å². The van der Waals surface area contributed by atoms with Crippen molar-refractivity contribution in [3.05, 3.63) is 107 Å². The van der Waals surface area contributed by atoms with Gasteiger partial charge in [-0.2, -0.15) is 4.74 Å². The fraction of sp³-hybridized carbons (Fsp3) is 0.0800. The van der Waals surface area contributed by atoms with E-state index in [-0.39, 0.29) is 0 Å². The normalized spacial score (nSPS) is 11.0. The molecule has 0 radical (unpaired) electrons. The van der Waals surface area contributed by atoms with Crippen LogP contribution < -0.4 is 9.47 Å². The third kappa shape index (κ3) is 5.59. The average Bonchev–Trinajstić information content (AvgIpc) is 2.80. The number of para-hydroxylation sites is 1. The molecule has 0 unspecified atom stereocenters. The predicted molar refractivity (Wildman–Crippen MR) is 119 cm³/mol. The molecule has 3 aromatic rings. The SMILES string of the molecule is COc1ccc(/C=C/C(/C=C/c2ccc(OC)cc2)=[N+]([O-])c2ccccc2)cc1. The van der Waals surface area contributed by atoms with Gasteiger partial charge in [0.15, 0.2) is 0 Å². The molecule has 0 heterocycles. The van der Waals surface area contributed by atoms with Gasteiger partial charge in [-0.3, -0.25) is 0 Å². The van der Waals surface area contributed by atoms with Gasteiger partial charge in [-0.15, -0.1) is 0 Å². The number of allylic oxidation sites excluding steroid dienone is 2. The molecule has 0 bridgehead atoms. The summed E-state index contributed by atoms with van der Waals surface area (Å²) in [6.07, 6.45) is 7.42. The highest BCUT2D eigenvalue weighted by Gasteiger charge is 2.06. The Morgan fingerprint density at radius 2 is 1.14 bits per heavy atom. The Morgan fingerprint density at radius 1 is 0.690 bits per heavy atom. The first-order chi connectivity index (χ1) is 14.2. The van der Waals surface area contributed by atoms with E-state index in [2.05, 4.69) is 0 Å². The zero-order valence-corrected chi connectivity index (χ0v) is 16.5. The molecule has 0 fully saturated rings. The molecule has 29 heavy (non-hydrogen) atoms. The van der Waals surface area contributed by atoms with E-state index in [1.54, 1.807) is 26.4 Å². The van der Waals surface area contributed by atoms with Crippen LogP contribution in [0.15, 0.2) is 91.0 Å². The molecule has 3 rings (SSSR count). The molecule has 4 nitrogen and oxygen atoms in total. The number of hydrogen-bond donors (Lipinski definition) is 0. The second-order valence-corrected chi connectivity index (χ2v) is 6.27. The van der Waals surface area contributed by atoms with Gasteiger partial charge in [0.25, 0.3) is 0 Å². The molecule has 0 saturated heterocycles. The quantitative estimate of drug-likeness (QED) is 0.226. The van der Waals surface area contributed by atoms with Crippen molar-refractivity contribution in [1.29, 1.82) is 0 Å². The van der Waals surface area contributed by atoms with Gasteiger partial charge in [0, 0.05) is 24.3 Å². The Labute approximate surface area is 171 Å². The second-order valence-electron chi connectivity index (χ2n) is 6.27. The summed E-state index contributed by atoms with van der Waals surface area (Å²) in [4.78, 5) is 0. The summed E-state index contributed by atoms with van der Waals surface area (Å²) in [6, 6.07) is 24.5. The Bertz CT molecular complexity index is 943. The Balaban J connectivity index is 1.92. The maximum absolute atomic E-state index is 12.9. The number of rotatable bonds is 7. The summed E-state index contributed by atoms with van der Waals surface area (Å²) < 4.78 is 11.3. The maximum Gasteiger partial charge on any atom is 0.217 e. The van der Waals surface area contributed by atoms with Crippen LogP contribution in [0, 0.1) is 5.21 Å². The molecule has 0 amide bonds. The van der Waals surface area contributed by atoms with Gasteiger partial charge < -0.3 is 14.7 Å². The highest BCUT2D eigenvalue weighted by atomic mass is 16.5. The number of methoxy groups -OCH3 is 2. The van der Waals surface area contributed by atoms with Crippen molar-refractivity contribution in [1.82, 2.24) is 0 Å². The Hall–Kier alpha value is -3.79. The summed E-state index contributed by atoms with van der Waals surface area (Å²) in [7, 11) is 3.27. The van der Waals surface area contributed by atoms with E-state index in [1.807, 2.05) is 91.0 Å². The molecule has 146 valence electrons. The van der Waals surface area contributed by atoms with Crippen molar-refractivity contribution >= 4 is 23.6 Å². The molecular weight excluding hydrogens is 362 g/mol. The van der Waals surface area contributed by atoms with Gasteiger partial charge in [-0.1, -0.05) is 42.5 Å². The first-order valence-corrected chi connectivity index (χ1v) is 9.23. The van der Waals surface area contributed by atoms with Gasteiger partial charge in [0.2, 0.25) is 11.4 Å². The summed E-state index contributed by atoms with van der Waals surface area (Å²) in [5, 5.41) is 12.9. The van der Waals surface area contributed by atoms with Crippen LogP contribution >= 0.6 is 0 Å². The Morgan fingerprint density at radius 3 is 1.55 bits per heavy atom. The van der Waals surface area contributed by atoms with Crippen molar-refractivity contribution in [3.8, 4) is 11.5 Å². The van der Waals surface area contributed by atoms with Crippen molar-refractivity contribution in [3.63, 3.8) is 0 Å². The van der Waals surface area contributed by atoms with Crippen LogP contribution in [0.25, 0.3) is 12.2 Å². The highest BCUT2D eigenvalue weighted by Crippen LogP contribution is 2.16. The zero-order valence-electron chi connectivity index (χ0n) is 16.5. The minimum absolute atomic E-state index is 0.517. The van der Waals surface area contributed by atoms with Crippen molar-refractivity contribution in [2.24, 2.45) is 0 Å². The van der Waals surface area contributed by atoms with E-state index in [4.69, 9.17) is 9.47 Å². The second kappa shape index (κ2) is 9.95. The lowest BCUT2D eigenvalue weighted by atomic mass is 10.1. The van der Waals surface area contributed by atoms with Crippen LogP contribution in [0.3, 0.4) is 0 Å². The van der Waals surface area contributed by atoms with Crippen molar-refractivity contribution in [2.45, 2.75) is 0 Å². The lowest BCUT2D eigenvalue weighted by Crippen LogP contribution is -2.06. The summed E-state index contributed by atoms with van der Waals surface area (Å²) >= 11 is 0. The number of hydrogen-bond acceptors (Lipinski definition) is 3. The van der Waals surface area contributed by atoms with E-state index in [0.717, 1.165) is 27.4 Å². The fourth-order valence-electron chi connectivity index (χ4n) is 2.70. The largest absolute Gasteiger partial charge is 0.618 e. The molecule has 3 aromatic carbocycles. The lowest BCUT2D eigenvalue weighted by molar-refractivity contribution is -0.358. The number of ether oxygens (including phenoxy) is 2. The van der Waals surface area contributed by atoms with Gasteiger partial charge in [0.05, 0.1) is 14.2 Å². The third-order valence-electron chi connectivity index (χ3n) is 4.35. The minimum atomic E-state index is 0.517. The van der Waals surface area contributed by atoms with Crippen LogP contribution in [0.4, 0.5) is 5.69 Å². The molecule has 0 spiro atoms. The van der Waals surface area contributed by atoms with E-state index < -0.39 is 0 Å². The van der Waals surface area contributed by atoms with E-state index in [0.29, 0.717) is 11.4 Å². The number of benzene rings is 3. The number of nitrogens with zero attached hydrogens (tertiary/aromatic N) is 1. The molecule has 0 aliphatic rings. The predicted octanol–water partition coefficient (Wildman–Crippen LogP) is 5.71. The summed E-state index contributed by atoms with van der Waals surface area (Å²) in [5.41, 5.74) is 3.04. The molecule has 0 N–H and O–H groups in total. The Kier molecular flexibility index (Phi) is 6.85.